The number of carbonyl (C=O) groups excluding carboxylic acids is 2. The first-order chi connectivity index (χ1) is 19.3. The van der Waals surface area contributed by atoms with Crippen molar-refractivity contribution in [1.82, 2.24) is 0 Å². The third kappa shape index (κ3) is 7.60. The molecule has 0 heterocycles. The van der Waals surface area contributed by atoms with Crippen LogP contribution in [0.4, 0.5) is 0 Å². The summed E-state index contributed by atoms with van der Waals surface area (Å²) in [6.07, 6.45) is 6.67. The molecule has 5 unspecified atom stereocenters. The van der Waals surface area contributed by atoms with Crippen LogP contribution in [-0.4, -0.2) is 37.4 Å². The van der Waals surface area contributed by atoms with Crippen molar-refractivity contribution in [3.8, 4) is 0 Å². The second kappa shape index (κ2) is 13.4. The highest BCUT2D eigenvalue weighted by Crippen LogP contribution is 2.74. The standard InChI is InChI=1S/C37H62O5/c1-13-15-21-32(3,4)23-29(27-19-17-16-18-20-27)34(7,8)33(5,6)24-37(31(40)42-12)26-36(37,10)25-35(9,30(39)41-11)22-28(38)14-2/h16-20,28-29,38H,13-15,21-26H2,1-12H3. The highest BCUT2D eigenvalue weighted by Gasteiger charge is 2.73. The third-order valence-electron chi connectivity index (χ3n) is 11.4. The molecule has 1 aliphatic rings. The van der Waals surface area contributed by atoms with Crippen LogP contribution in [0.2, 0.25) is 0 Å². The van der Waals surface area contributed by atoms with Gasteiger partial charge in [-0.3, -0.25) is 9.59 Å². The first kappa shape index (κ1) is 36.3. The van der Waals surface area contributed by atoms with Gasteiger partial charge in [0.05, 0.1) is 31.2 Å². The van der Waals surface area contributed by atoms with E-state index in [9.17, 15) is 14.7 Å². The van der Waals surface area contributed by atoms with Gasteiger partial charge in [0.2, 0.25) is 0 Å². The van der Waals surface area contributed by atoms with Crippen LogP contribution in [0.1, 0.15) is 139 Å². The van der Waals surface area contributed by atoms with Gasteiger partial charge in [-0.2, -0.15) is 0 Å². The average Bonchev–Trinajstić information content (AvgIpc) is 3.51. The van der Waals surface area contributed by atoms with Crippen LogP contribution in [0.5, 0.6) is 0 Å². The van der Waals surface area contributed by atoms with E-state index in [4.69, 9.17) is 9.47 Å². The molecule has 0 aromatic heterocycles. The summed E-state index contributed by atoms with van der Waals surface area (Å²) in [5.41, 5.74) is -0.944. The molecule has 1 N–H and O–H groups in total. The van der Waals surface area contributed by atoms with Crippen LogP contribution in [0.25, 0.3) is 0 Å². The Morgan fingerprint density at radius 3 is 2.02 bits per heavy atom. The Morgan fingerprint density at radius 1 is 0.929 bits per heavy atom. The zero-order valence-corrected chi connectivity index (χ0v) is 29.0. The molecule has 1 aromatic carbocycles. The lowest BCUT2D eigenvalue weighted by Gasteiger charge is -2.51. The highest BCUT2D eigenvalue weighted by atomic mass is 16.5. The summed E-state index contributed by atoms with van der Waals surface area (Å²) in [5, 5.41) is 10.6. The minimum absolute atomic E-state index is 0.160. The first-order valence-electron chi connectivity index (χ1n) is 16.2. The van der Waals surface area contributed by atoms with E-state index in [1.165, 1.54) is 39.0 Å². The van der Waals surface area contributed by atoms with Crippen molar-refractivity contribution < 1.29 is 24.2 Å². The molecule has 1 aliphatic carbocycles. The van der Waals surface area contributed by atoms with E-state index in [1.54, 1.807) is 0 Å². The van der Waals surface area contributed by atoms with Gasteiger partial charge in [-0.1, -0.05) is 105 Å². The molecule has 2 rings (SSSR count). The smallest absolute Gasteiger partial charge is 0.312 e. The fraction of sp³-hybridized carbons (Fsp3) is 0.784. The summed E-state index contributed by atoms with van der Waals surface area (Å²) in [5.74, 6) is -0.239. The molecule has 1 fully saturated rings. The van der Waals surface area contributed by atoms with Gasteiger partial charge in [0, 0.05) is 0 Å². The molecule has 42 heavy (non-hydrogen) atoms. The monoisotopic (exact) mass is 586 g/mol. The molecule has 5 heteroatoms. The number of ether oxygens (including phenoxy) is 2. The number of unbranched alkanes of at least 4 members (excludes halogenated alkanes) is 1. The Labute approximate surface area is 257 Å². The predicted molar refractivity (Wildman–Crippen MR) is 172 cm³/mol. The Hall–Kier alpha value is -1.88. The van der Waals surface area contributed by atoms with Crippen LogP contribution >= 0.6 is 0 Å². The Bertz CT molecular complexity index is 1040. The molecular formula is C37H62O5. The molecular weight excluding hydrogens is 524 g/mol. The zero-order chi connectivity index (χ0) is 32.2. The molecule has 0 radical (unpaired) electrons. The molecule has 0 aliphatic heterocycles. The molecule has 240 valence electrons. The number of hydrogen-bond acceptors (Lipinski definition) is 5. The molecule has 0 spiro atoms. The van der Waals surface area contributed by atoms with Gasteiger partial charge in [-0.25, -0.2) is 0 Å². The molecule has 1 aromatic rings. The zero-order valence-electron chi connectivity index (χ0n) is 29.0. The van der Waals surface area contributed by atoms with Gasteiger partial charge >= 0.3 is 11.9 Å². The van der Waals surface area contributed by atoms with Gasteiger partial charge in [0.25, 0.3) is 0 Å². The summed E-state index contributed by atoms with van der Waals surface area (Å²) in [7, 11) is 2.88. The van der Waals surface area contributed by atoms with Crippen LogP contribution in [0.3, 0.4) is 0 Å². The maximum absolute atomic E-state index is 13.7. The van der Waals surface area contributed by atoms with Crippen molar-refractivity contribution in [3.05, 3.63) is 35.9 Å². The largest absolute Gasteiger partial charge is 0.469 e. The van der Waals surface area contributed by atoms with E-state index in [0.29, 0.717) is 38.0 Å². The van der Waals surface area contributed by atoms with E-state index in [2.05, 4.69) is 85.7 Å². The van der Waals surface area contributed by atoms with Crippen molar-refractivity contribution in [2.24, 2.45) is 32.5 Å². The number of aliphatic hydroxyl groups is 1. The number of rotatable bonds is 17. The minimum atomic E-state index is -0.899. The van der Waals surface area contributed by atoms with Crippen molar-refractivity contribution >= 4 is 11.9 Å². The van der Waals surface area contributed by atoms with Crippen LogP contribution < -0.4 is 0 Å². The van der Waals surface area contributed by atoms with E-state index in [-0.39, 0.29) is 28.2 Å². The molecule has 0 saturated heterocycles. The van der Waals surface area contributed by atoms with Crippen LogP contribution in [0, 0.1) is 32.5 Å². The molecule has 5 atom stereocenters. The third-order valence-corrected chi connectivity index (χ3v) is 11.4. The lowest BCUT2D eigenvalue weighted by atomic mass is 9.53. The van der Waals surface area contributed by atoms with E-state index in [0.717, 1.165) is 6.42 Å². The fourth-order valence-corrected chi connectivity index (χ4v) is 7.95. The summed E-state index contributed by atoms with van der Waals surface area (Å²) < 4.78 is 10.7. The van der Waals surface area contributed by atoms with Crippen LogP contribution in [-0.2, 0) is 19.1 Å². The van der Waals surface area contributed by atoms with Gasteiger partial charge in [0.1, 0.15) is 0 Å². The lowest BCUT2D eigenvalue weighted by Crippen LogP contribution is -2.44. The minimum Gasteiger partial charge on any atom is -0.469 e. The maximum atomic E-state index is 13.7. The van der Waals surface area contributed by atoms with Crippen LogP contribution in [0.15, 0.2) is 30.3 Å². The van der Waals surface area contributed by atoms with Crippen molar-refractivity contribution in [1.29, 1.82) is 0 Å². The van der Waals surface area contributed by atoms with Gasteiger partial charge in [-0.15, -0.1) is 0 Å². The van der Waals surface area contributed by atoms with Crippen molar-refractivity contribution in [2.45, 2.75) is 139 Å². The van der Waals surface area contributed by atoms with Gasteiger partial charge in [-0.05, 0) is 85.0 Å². The second-order valence-electron chi connectivity index (χ2n) is 16.0. The first-order valence-corrected chi connectivity index (χ1v) is 16.2. The quantitative estimate of drug-likeness (QED) is 0.184. The van der Waals surface area contributed by atoms with E-state index < -0.39 is 22.3 Å². The van der Waals surface area contributed by atoms with Gasteiger partial charge in [0.15, 0.2) is 0 Å². The molecule has 0 bridgehead atoms. The lowest BCUT2D eigenvalue weighted by molar-refractivity contribution is -0.158. The average molecular weight is 587 g/mol. The number of carbonyl (C=O) groups is 2. The second-order valence-corrected chi connectivity index (χ2v) is 16.0. The fourth-order valence-electron chi connectivity index (χ4n) is 7.95. The highest BCUT2D eigenvalue weighted by molar-refractivity contribution is 5.83. The van der Waals surface area contributed by atoms with Gasteiger partial charge < -0.3 is 14.6 Å². The predicted octanol–water partition coefficient (Wildman–Crippen LogP) is 9.12. The SMILES string of the molecule is CCCCC(C)(C)CC(c1ccccc1)C(C)(C)C(C)(C)CC1(C(=O)OC)CC1(C)CC(C)(CC(O)CC)C(=O)OC. The van der Waals surface area contributed by atoms with E-state index >= 15 is 0 Å². The Morgan fingerprint density at radius 2 is 1.52 bits per heavy atom. The number of methoxy groups -OCH3 is 2. The summed E-state index contributed by atoms with van der Waals surface area (Å²) in [6.45, 7) is 22.3. The number of hydrogen-bond donors (Lipinski definition) is 1. The molecule has 5 nitrogen and oxygen atoms in total. The van der Waals surface area contributed by atoms with Crippen molar-refractivity contribution in [2.75, 3.05) is 14.2 Å². The van der Waals surface area contributed by atoms with E-state index in [1.807, 2.05) is 13.8 Å². The topological polar surface area (TPSA) is 72.8 Å². The summed E-state index contributed by atoms with van der Waals surface area (Å²) >= 11 is 0. The Kier molecular flexibility index (Phi) is 11.6. The maximum Gasteiger partial charge on any atom is 0.312 e. The number of benzene rings is 1. The Balaban J connectivity index is 2.52. The summed E-state index contributed by atoms with van der Waals surface area (Å²) in [6, 6.07) is 10.9. The number of esters is 2. The normalized spacial score (nSPS) is 23.9. The summed E-state index contributed by atoms with van der Waals surface area (Å²) in [4.78, 5) is 26.8. The molecule has 0 amide bonds. The number of aliphatic hydroxyl groups excluding tert-OH is 1. The van der Waals surface area contributed by atoms with Crippen molar-refractivity contribution in [3.63, 3.8) is 0 Å². The molecule has 1 saturated carbocycles.